The lowest BCUT2D eigenvalue weighted by Crippen LogP contribution is -2.19. The topological polar surface area (TPSA) is 76.9 Å². The predicted molar refractivity (Wildman–Crippen MR) is 74.6 cm³/mol. The molecule has 2 aromatic rings. The molecule has 1 heterocycles. The van der Waals surface area contributed by atoms with E-state index in [9.17, 15) is 9.59 Å². The number of carbonyl (C=O) groups excluding carboxylic acids is 2. The van der Waals surface area contributed by atoms with Crippen LogP contribution in [0, 0.1) is 0 Å². The second-order valence-electron chi connectivity index (χ2n) is 4.79. The second kappa shape index (κ2) is 6.10. The van der Waals surface area contributed by atoms with Crippen LogP contribution in [0.25, 0.3) is 0 Å². The first-order valence-corrected chi connectivity index (χ1v) is 6.33. The molecular weight excluding hydrogens is 256 g/mol. The number of nitrogens with one attached hydrogen (secondary N) is 1. The highest BCUT2D eigenvalue weighted by molar-refractivity contribution is 5.90. The average Bonchev–Trinajstić information content (AvgIpc) is 2.86. The van der Waals surface area contributed by atoms with Gasteiger partial charge in [-0.2, -0.15) is 0 Å². The van der Waals surface area contributed by atoms with E-state index in [4.69, 9.17) is 0 Å². The number of nitrogens with zero attached hydrogens (tertiary/aromatic N) is 3. The molecule has 0 aliphatic heterocycles. The van der Waals surface area contributed by atoms with Crippen molar-refractivity contribution in [3.05, 3.63) is 41.7 Å². The van der Waals surface area contributed by atoms with E-state index in [1.54, 1.807) is 0 Å². The lowest BCUT2D eigenvalue weighted by atomic mass is 10.0. The molecule has 1 amide bonds. The number of amides is 1. The summed E-state index contributed by atoms with van der Waals surface area (Å²) in [7, 11) is 0. The molecule has 0 spiro atoms. The monoisotopic (exact) mass is 272 g/mol. The quantitative estimate of drug-likeness (QED) is 0.843. The van der Waals surface area contributed by atoms with Crippen molar-refractivity contribution < 1.29 is 9.59 Å². The molecule has 1 aromatic heterocycles. The van der Waals surface area contributed by atoms with Crippen molar-refractivity contribution in [2.75, 3.05) is 5.32 Å². The molecular formula is C14H16N4O2. The van der Waals surface area contributed by atoms with Crippen molar-refractivity contribution in [1.82, 2.24) is 15.0 Å². The van der Waals surface area contributed by atoms with E-state index in [0.717, 1.165) is 11.3 Å². The fourth-order valence-corrected chi connectivity index (χ4v) is 1.77. The molecule has 6 nitrogen and oxygen atoms in total. The van der Waals surface area contributed by atoms with Gasteiger partial charge in [0, 0.05) is 5.69 Å². The number of aldehydes is 1. The summed E-state index contributed by atoms with van der Waals surface area (Å²) in [6, 6.07) is 7.71. The molecule has 0 bridgehead atoms. The van der Waals surface area contributed by atoms with Crippen molar-refractivity contribution >= 4 is 17.9 Å². The van der Waals surface area contributed by atoms with Gasteiger partial charge in [0.2, 0.25) is 5.91 Å². The fourth-order valence-electron chi connectivity index (χ4n) is 1.77. The molecule has 2 rings (SSSR count). The van der Waals surface area contributed by atoms with Crippen molar-refractivity contribution in [1.29, 1.82) is 0 Å². The highest BCUT2D eigenvalue weighted by Crippen LogP contribution is 2.18. The zero-order valence-electron chi connectivity index (χ0n) is 11.4. The van der Waals surface area contributed by atoms with Crippen molar-refractivity contribution in [2.24, 2.45) is 0 Å². The van der Waals surface area contributed by atoms with Gasteiger partial charge in [0.15, 0.2) is 6.29 Å². The summed E-state index contributed by atoms with van der Waals surface area (Å²) in [6.07, 6.45) is 2.02. The first-order valence-electron chi connectivity index (χ1n) is 6.33. The zero-order valence-corrected chi connectivity index (χ0v) is 11.4. The van der Waals surface area contributed by atoms with Crippen LogP contribution >= 0.6 is 0 Å². The molecule has 1 aromatic carbocycles. The van der Waals surface area contributed by atoms with Gasteiger partial charge < -0.3 is 5.32 Å². The number of rotatable bonds is 5. The molecule has 0 saturated carbocycles. The summed E-state index contributed by atoms with van der Waals surface area (Å²) in [5.41, 5.74) is 2.11. The Morgan fingerprint density at radius 1 is 1.45 bits per heavy atom. The van der Waals surface area contributed by atoms with Gasteiger partial charge >= 0.3 is 0 Å². The third-order valence-electron chi connectivity index (χ3n) is 2.82. The second-order valence-corrected chi connectivity index (χ2v) is 4.79. The number of hydrogen-bond donors (Lipinski definition) is 1. The first-order chi connectivity index (χ1) is 9.58. The maximum absolute atomic E-state index is 11.9. The van der Waals surface area contributed by atoms with Crippen LogP contribution in [0.15, 0.2) is 30.5 Å². The maximum Gasteiger partial charge on any atom is 0.246 e. The highest BCUT2D eigenvalue weighted by atomic mass is 16.2. The third kappa shape index (κ3) is 3.50. The molecule has 0 atom stereocenters. The van der Waals surface area contributed by atoms with E-state index < -0.39 is 0 Å². The molecule has 1 N–H and O–H groups in total. The van der Waals surface area contributed by atoms with Crippen molar-refractivity contribution in [3.63, 3.8) is 0 Å². The number of benzene rings is 1. The van der Waals surface area contributed by atoms with Crippen LogP contribution in [0.5, 0.6) is 0 Å². The molecule has 0 radical (unpaired) electrons. The average molecular weight is 272 g/mol. The third-order valence-corrected chi connectivity index (χ3v) is 2.82. The van der Waals surface area contributed by atoms with E-state index >= 15 is 0 Å². The van der Waals surface area contributed by atoms with Crippen molar-refractivity contribution in [3.8, 4) is 0 Å². The molecule has 0 unspecified atom stereocenters. The Bertz CT molecular complexity index is 619. The Hall–Kier alpha value is -2.50. The molecule has 6 heteroatoms. The lowest BCUT2D eigenvalue weighted by molar-refractivity contribution is -0.116. The Morgan fingerprint density at radius 2 is 2.25 bits per heavy atom. The Kier molecular flexibility index (Phi) is 4.24. The maximum atomic E-state index is 11.9. The van der Waals surface area contributed by atoms with Gasteiger partial charge in [0.1, 0.15) is 12.2 Å². The minimum Gasteiger partial charge on any atom is -0.324 e. The Morgan fingerprint density at radius 3 is 2.90 bits per heavy atom. The molecule has 20 heavy (non-hydrogen) atoms. The van der Waals surface area contributed by atoms with Crippen LogP contribution in [0.2, 0.25) is 0 Å². The highest BCUT2D eigenvalue weighted by Gasteiger charge is 2.07. The van der Waals surface area contributed by atoms with Gasteiger partial charge in [-0.3, -0.25) is 9.59 Å². The van der Waals surface area contributed by atoms with Crippen LogP contribution in [0.3, 0.4) is 0 Å². The van der Waals surface area contributed by atoms with E-state index in [0.29, 0.717) is 12.2 Å². The molecule has 0 aliphatic carbocycles. The molecule has 104 valence electrons. The lowest BCUT2D eigenvalue weighted by Gasteiger charge is -2.09. The minimum atomic E-state index is -0.215. The van der Waals surface area contributed by atoms with Gasteiger partial charge in [-0.1, -0.05) is 31.2 Å². The van der Waals surface area contributed by atoms with Crippen molar-refractivity contribution in [2.45, 2.75) is 26.3 Å². The summed E-state index contributed by atoms with van der Waals surface area (Å²) >= 11 is 0. The smallest absolute Gasteiger partial charge is 0.246 e. The van der Waals surface area contributed by atoms with E-state index in [1.165, 1.54) is 10.9 Å². The SMILES string of the molecule is CC(C)c1cccc(NC(=O)Cn2cc(C=O)nn2)c1. The van der Waals surface area contributed by atoms with E-state index in [1.807, 2.05) is 24.3 Å². The summed E-state index contributed by atoms with van der Waals surface area (Å²) in [5.74, 6) is 0.186. The van der Waals surface area contributed by atoms with Crippen LogP contribution in [-0.2, 0) is 11.3 Å². The number of anilines is 1. The summed E-state index contributed by atoms with van der Waals surface area (Å²) in [6.45, 7) is 4.21. The standard InChI is InChI=1S/C14H16N4O2/c1-10(2)11-4-3-5-12(6-11)15-14(20)8-18-7-13(9-19)16-17-18/h3-7,9-10H,8H2,1-2H3,(H,15,20). The normalized spacial score (nSPS) is 10.6. The van der Waals surface area contributed by atoms with Crippen LogP contribution in [0.4, 0.5) is 5.69 Å². The molecule has 0 saturated heterocycles. The molecule has 0 fully saturated rings. The van der Waals surface area contributed by atoms with Gasteiger partial charge in [0.25, 0.3) is 0 Å². The van der Waals surface area contributed by atoms with Gasteiger partial charge in [0.05, 0.1) is 6.20 Å². The van der Waals surface area contributed by atoms with Crippen LogP contribution in [-0.4, -0.2) is 27.2 Å². The molecule has 0 aliphatic rings. The zero-order chi connectivity index (χ0) is 14.5. The van der Waals surface area contributed by atoms with E-state index in [-0.39, 0.29) is 18.1 Å². The summed E-state index contributed by atoms with van der Waals surface area (Å²) in [5, 5.41) is 10.1. The minimum absolute atomic E-state index is 0.0206. The van der Waals surface area contributed by atoms with E-state index in [2.05, 4.69) is 29.5 Å². The van der Waals surface area contributed by atoms with Crippen LogP contribution < -0.4 is 5.32 Å². The number of carbonyl (C=O) groups is 2. The first kappa shape index (κ1) is 13.9. The summed E-state index contributed by atoms with van der Waals surface area (Å²) in [4.78, 5) is 22.4. The number of hydrogen-bond acceptors (Lipinski definition) is 4. The number of aromatic nitrogens is 3. The van der Waals surface area contributed by atoms with Gasteiger partial charge in [-0.05, 0) is 23.6 Å². The summed E-state index contributed by atoms with van der Waals surface area (Å²) < 4.78 is 1.32. The van der Waals surface area contributed by atoms with Crippen LogP contribution in [0.1, 0.15) is 35.8 Å². The largest absolute Gasteiger partial charge is 0.324 e. The fraction of sp³-hybridized carbons (Fsp3) is 0.286. The Balaban J connectivity index is 2.00. The van der Waals surface area contributed by atoms with Gasteiger partial charge in [-0.25, -0.2) is 4.68 Å². The van der Waals surface area contributed by atoms with Gasteiger partial charge in [-0.15, -0.1) is 5.10 Å². The Labute approximate surface area is 116 Å². The predicted octanol–water partition coefficient (Wildman–Crippen LogP) is 1.85.